The van der Waals surface area contributed by atoms with Crippen LogP contribution in [0.2, 0.25) is 0 Å². The van der Waals surface area contributed by atoms with Crippen molar-refractivity contribution >= 4 is 23.4 Å². The van der Waals surface area contributed by atoms with Crippen molar-refractivity contribution in [2.75, 3.05) is 20.2 Å². The number of methoxy groups -OCH3 is 1. The van der Waals surface area contributed by atoms with Gasteiger partial charge in [0.25, 0.3) is 5.69 Å². The Balaban J connectivity index is 0.000000391. The van der Waals surface area contributed by atoms with E-state index in [2.05, 4.69) is 5.32 Å². The van der Waals surface area contributed by atoms with Crippen LogP contribution in [-0.4, -0.2) is 54.0 Å². The maximum absolute atomic E-state index is 12.4. The van der Waals surface area contributed by atoms with Crippen LogP contribution < -0.4 is 10.1 Å². The van der Waals surface area contributed by atoms with E-state index in [1.54, 1.807) is 60.8 Å². The number of aryl methyl sites for hydroxylation is 2. The number of ether oxygens (including phenoxy) is 3. The molecule has 10 nitrogen and oxygen atoms in total. The van der Waals surface area contributed by atoms with Gasteiger partial charge in [-0.1, -0.05) is 0 Å². The molecule has 2 aromatic carbocycles. The van der Waals surface area contributed by atoms with E-state index in [9.17, 15) is 24.5 Å². The molecule has 0 spiro atoms. The first kappa shape index (κ1) is 32.2. The standard InChI is InChI=1S/C16H15NO4.C12H23NO4/c1-10-8-13(9-11(2)16(10)21-3)15(18)12-4-6-14(7-5-12)17(19)20;1-11(2,3)16-9(14)7-13-8-10(15)17-12(4,5)6/h4-9H,1-3H3;13H,7-8H2,1-6H3. The summed E-state index contributed by atoms with van der Waals surface area (Å²) in [5.74, 6) is -0.184. The van der Waals surface area contributed by atoms with Crippen LogP contribution in [0.3, 0.4) is 0 Å². The number of nitro groups is 1. The molecule has 10 heteroatoms. The summed E-state index contributed by atoms with van der Waals surface area (Å²) in [4.78, 5) is 45.1. The van der Waals surface area contributed by atoms with Crippen LogP contribution in [0, 0.1) is 24.0 Å². The molecule has 0 aliphatic carbocycles. The quantitative estimate of drug-likeness (QED) is 0.223. The third kappa shape index (κ3) is 11.5. The SMILES string of the molecule is CC(C)(C)OC(=O)CNCC(=O)OC(C)(C)C.COc1c(C)cc(C(=O)c2ccc([N+](=O)[O-])cc2)cc1C. The number of carbonyl (C=O) groups is 3. The highest BCUT2D eigenvalue weighted by Gasteiger charge is 2.18. The predicted molar refractivity (Wildman–Crippen MR) is 144 cm³/mol. The van der Waals surface area contributed by atoms with Crippen molar-refractivity contribution in [2.45, 2.75) is 66.6 Å². The van der Waals surface area contributed by atoms with Crippen molar-refractivity contribution in [3.63, 3.8) is 0 Å². The molecule has 0 amide bonds. The highest BCUT2D eigenvalue weighted by Crippen LogP contribution is 2.26. The molecular formula is C28H38N2O8. The van der Waals surface area contributed by atoms with Crippen molar-refractivity contribution < 1.29 is 33.5 Å². The summed E-state index contributed by atoms with van der Waals surface area (Å²) in [6, 6.07) is 9.11. The van der Waals surface area contributed by atoms with E-state index >= 15 is 0 Å². The van der Waals surface area contributed by atoms with Crippen LogP contribution in [0.25, 0.3) is 0 Å². The third-order valence-corrected chi connectivity index (χ3v) is 4.65. The topological polar surface area (TPSA) is 134 Å². The van der Waals surface area contributed by atoms with Crippen LogP contribution in [0.1, 0.15) is 68.6 Å². The molecule has 0 atom stereocenters. The number of ketones is 1. The highest BCUT2D eigenvalue weighted by molar-refractivity contribution is 6.09. The van der Waals surface area contributed by atoms with E-state index in [1.807, 2.05) is 13.8 Å². The van der Waals surface area contributed by atoms with E-state index in [-0.39, 0.29) is 36.5 Å². The van der Waals surface area contributed by atoms with Gasteiger partial charge in [0.1, 0.15) is 17.0 Å². The number of non-ortho nitro benzene ring substituents is 1. The second-order valence-electron chi connectivity index (χ2n) is 10.6. The fraction of sp³-hybridized carbons (Fsp3) is 0.464. The lowest BCUT2D eigenvalue weighted by Crippen LogP contribution is -2.36. The van der Waals surface area contributed by atoms with E-state index in [1.165, 1.54) is 24.3 Å². The Labute approximate surface area is 223 Å². The molecule has 1 N–H and O–H groups in total. The Morgan fingerprint density at radius 3 is 1.58 bits per heavy atom. The van der Waals surface area contributed by atoms with Crippen LogP contribution in [-0.2, 0) is 19.1 Å². The minimum absolute atomic E-state index is 0.00346. The minimum atomic E-state index is -0.509. The first-order valence-electron chi connectivity index (χ1n) is 12.0. The molecule has 2 aromatic rings. The average molecular weight is 531 g/mol. The van der Waals surface area contributed by atoms with Crippen molar-refractivity contribution in [2.24, 2.45) is 0 Å². The summed E-state index contributed by atoms with van der Waals surface area (Å²) in [6.07, 6.45) is 0. The predicted octanol–water partition coefficient (Wildman–Crippen LogP) is 4.71. The molecular weight excluding hydrogens is 492 g/mol. The fourth-order valence-corrected chi connectivity index (χ4v) is 3.33. The summed E-state index contributed by atoms with van der Waals surface area (Å²) < 4.78 is 15.4. The number of rotatable bonds is 8. The number of carbonyl (C=O) groups excluding carboxylic acids is 3. The Kier molecular flexibility index (Phi) is 11.6. The van der Waals surface area contributed by atoms with E-state index < -0.39 is 16.1 Å². The van der Waals surface area contributed by atoms with Gasteiger partial charge in [0.2, 0.25) is 0 Å². The molecule has 0 unspecified atom stereocenters. The molecule has 208 valence electrons. The van der Waals surface area contributed by atoms with E-state index in [4.69, 9.17) is 14.2 Å². The first-order chi connectivity index (χ1) is 17.4. The Hall–Kier alpha value is -3.79. The largest absolute Gasteiger partial charge is 0.496 e. The Bertz CT molecular complexity index is 1090. The maximum atomic E-state index is 12.4. The van der Waals surface area contributed by atoms with Crippen molar-refractivity contribution in [3.8, 4) is 5.75 Å². The monoisotopic (exact) mass is 530 g/mol. The smallest absolute Gasteiger partial charge is 0.320 e. The van der Waals surface area contributed by atoms with Crippen LogP contribution in [0.5, 0.6) is 5.75 Å². The molecule has 0 aromatic heterocycles. The summed E-state index contributed by atoms with van der Waals surface area (Å²) in [5, 5.41) is 13.3. The number of nitrogens with zero attached hydrogens (tertiary/aromatic N) is 1. The molecule has 0 radical (unpaired) electrons. The summed E-state index contributed by atoms with van der Waals surface area (Å²) in [5.41, 5.74) is 1.67. The summed E-state index contributed by atoms with van der Waals surface area (Å²) >= 11 is 0. The van der Waals surface area contributed by atoms with Gasteiger partial charge in [0, 0.05) is 23.3 Å². The number of nitrogens with one attached hydrogen (secondary N) is 1. The van der Waals surface area contributed by atoms with Gasteiger partial charge in [0.05, 0.1) is 25.1 Å². The average Bonchev–Trinajstić information content (AvgIpc) is 2.76. The number of esters is 2. The number of hydrogen-bond acceptors (Lipinski definition) is 9. The van der Waals surface area contributed by atoms with Crippen LogP contribution >= 0.6 is 0 Å². The van der Waals surface area contributed by atoms with E-state index in [0.717, 1.165) is 16.9 Å². The molecule has 0 aliphatic rings. The van der Waals surface area contributed by atoms with Gasteiger partial charge in [-0.2, -0.15) is 0 Å². The Morgan fingerprint density at radius 2 is 1.24 bits per heavy atom. The zero-order valence-corrected chi connectivity index (χ0v) is 23.6. The lowest BCUT2D eigenvalue weighted by atomic mass is 9.98. The number of hydrogen-bond donors (Lipinski definition) is 1. The summed E-state index contributed by atoms with van der Waals surface area (Å²) in [6.45, 7) is 14.5. The second kappa shape index (κ2) is 13.7. The van der Waals surface area contributed by atoms with Crippen molar-refractivity contribution in [1.82, 2.24) is 5.32 Å². The van der Waals surface area contributed by atoms with Gasteiger partial charge < -0.3 is 14.2 Å². The number of nitro benzene ring substituents is 1. The van der Waals surface area contributed by atoms with Crippen molar-refractivity contribution in [1.29, 1.82) is 0 Å². The molecule has 2 rings (SSSR count). The second-order valence-corrected chi connectivity index (χ2v) is 10.6. The van der Waals surface area contributed by atoms with Crippen LogP contribution in [0.4, 0.5) is 5.69 Å². The third-order valence-electron chi connectivity index (χ3n) is 4.65. The zero-order valence-electron chi connectivity index (χ0n) is 23.6. The van der Waals surface area contributed by atoms with E-state index in [0.29, 0.717) is 11.1 Å². The van der Waals surface area contributed by atoms with Gasteiger partial charge in [-0.05, 0) is 90.8 Å². The van der Waals surface area contributed by atoms with Crippen molar-refractivity contribution in [3.05, 3.63) is 68.8 Å². The summed E-state index contributed by atoms with van der Waals surface area (Å²) in [7, 11) is 1.59. The highest BCUT2D eigenvalue weighted by atomic mass is 16.6. The molecule has 0 saturated heterocycles. The molecule has 0 heterocycles. The van der Waals surface area contributed by atoms with Crippen LogP contribution in [0.15, 0.2) is 36.4 Å². The molecule has 0 aliphatic heterocycles. The van der Waals surface area contributed by atoms with Gasteiger partial charge in [-0.25, -0.2) is 0 Å². The molecule has 0 fully saturated rings. The zero-order chi connectivity index (χ0) is 29.3. The van der Waals surface area contributed by atoms with Gasteiger partial charge in [0.15, 0.2) is 5.78 Å². The minimum Gasteiger partial charge on any atom is -0.496 e. The maximum Gasteiger partial charge on any atom is 0.320 e. The lowest BCUT2D eigenvalue weighted by Gasteiger charge is -2.20. The van der Waals surface area contributed by atoms with Gasteiger partial charge >= 0.3 is 11.9 Å². The lowest BCUT2D eigenvalue weighted by molar-refractivity contribution is -0.384. The fourth-order valence-electron chi connectivity index (χ4n) is 3.33. The molecule has 0 saturated carbocycles. The normalized spacial score (nSPS) is 11.1. The Morgan fingerprint density at radius 1 is 0.816 bits per heavy atom. The van der Waals surface area contributed by atoms with Gasteiger partial charge in [-0.3, -0.25) is 29.8 Å². The van der Waals surface area contributed by atoms with Gasteiger partial charge in [-0.15, -0.1) is 0 Å². The molecule has 38 heavy (non-hydrogen) atoms. The molecule has 0 bridgehead atoms. The number of benzene rings is 2. The first-order valence-corrected chi connectivity index (χ1v) is 12.0.